The number of ether oxygens (including phenoxy) is 3. The van der Waals surface area contributed by atoms with E-state index < -0.39 is 18.5 Å². The number of nitrogens with one attached hydrogen (secondary N) is 1. The van der Waals surface area contributed by atoms with E-state index in [1.54, 1.807) is 49.6 Å². The molecule has 0 heterocycles. The molecule has 0 saturated heterocycles. The van der Waals surface area contributed by atoms with E-state index in [9.17, 15) is 14.4 Å². The van der Waals surface area contributed by atoms with Gasteiger partial charge in [-0.05, 0) is 37.3 Å². The first-order chi connectivity index (χ1) is 13.4. The lowest BCUT2D eigenvalue weighted by Gasteiger charge is -2.07. The molecule has 0 atom stereocenters. The van der Waals surface area contributed by atoms with Gasteiger partial charge in [0.05, 0.1) is 14.2 Å². The fourth-order valence-electron chi connectivity index (χ4n) is 2.31. The summed E-state index contributed by atoms with van der Waals surface area (Å²) >= 11 is 0. The normalized spacial score (nSPS) is 10.4. The number of amides is 1. The van der Waals surface area contributed by atoms with Crippen molar-refractivity contribution in [1.29, 1.82) is 0 Å². The number of esters is 1. The predicted molar refractivity (Wildman–Crippen MR) is 105 cm³/mol. The highest BCUT2D eigenvalue weighted by Gasteiger charge is 2.08. The summed E-state index contributed by atoms with van der Waals surface area (Å²) in [6.45, 7) is 0.986. The van der Waals surface area contributed by atoms with Crippen LogP contribution in [0, 0.1) is 0 Å². The molecule has 0 bridgehead atoms. The molecule has 0 aliphatic carbocycles. The van der Waals surface area contributed by atoms with Gasteiger partial charge in [0, 0.05) is 29.0 Å². The van der Waals surface area contributed by atoms with Gasteiger partial charge in [0.2, 0.25) is 0 Å². The maximum absolute atomic E-state index is 11.9. The van der Waals surface area contributed by atoms with Crippen LogP contribution in [0.3, 0.4) is 0 Å². The van der Waals surface area contributed by atoms with Crippen LogP contribution in [0.15, 0.2) is 48.5 Å². The smallest absolute Gasteiger partial charge is 0.331 e. The van der Waals surface area contributed by atoms with Crippen LogP contribution in [0.25, 0.3) is 6.08 Å². The van der Waals surface area contributed by atoms with Crippen LogP contribution < -0.4 is 14.8 Å². The molecule has 2 aromatic rings. The number of hydrogen-bond donors (Lipinski definition) is 1. The molecule has 0 saturated carbocycles. The average molecular weight is 383 g/mol. The first-order valence-corrected chi connectivity index (χ1v) is 8.40. The molecule has 0 aliphatic rings. The first-order valence-electron chi connectivity index (χ1n) is 8.40. The lowest BCUT2D eigenvalue weighted by atomic mass is 10.1. The lowest BCUT2D eigenvalue weighted by molar-refractivity contribution is -0.142. The van der Waals surface area contributed by atoms with Crippen LogP contribution in [0.2, 0.25) is 0 Å². The first kappa shape index (κ1) is 20.7. The molecule has 1 amide bonds. The van der Waals surface area contributed by atoms with Crippen molar-refractivity contribution < 1.29 is 28.6 Å². The predicted octanol–water partition coefficient (Wildman–Crippen LogP) is 3.10. The number of Topliss-reactive ketones (excluding diaryl/α,β-unsaturated/α-hetero) is 1. The Labute approximate surface area is 162 Å². The maximum Gasteiger partial charge on any atom is 0.331 e. The molecule has 7 heteroatoms. The van der Waals surface area contributed by atoms with Gasteiger partial charge in [-0.3, -0.25) is 9.59 Å². The van der Waals surface area contributed by atoms with Gasteiger partial charge in [0.25, 0.3) is 5.91 Å². The third kappa shape index (κ3) is 5.98. The Bertz CT molecular complexity index is 904. The molecule has 0 aliphatic heterocycles. The van der Waals surface area contributed by atoms with E-state index in [-0.39, 0.29) is 5.78 Å². The molecule has 0 unspecified atom stereocenters. The second-order valence-corrected chi connectivity index (χ2v) is 5.73. The van der Waals surface area contributed by atoms with Crippen LogP contribution in [-0.2, 0) is 14.3 Å². The minimum atomic E-state index is -0.675. The summed E-state index contributed by atoms with van der Waals surface area (Å²) in [4.78, 5) is 35.1. The Hall–Kier alpha value is -3.61. The number of anilines is 1. The highest BCUT2D eigenvalue weighted by atomic mass is 16.5. The van der Waals surface area contributed by atoms with Crippen molar-refractivity contribution in [1.82, 2.24) is 0 Å². The van der Waals surface area contributed by atoms with Gasteiger partial charge in [0.15, 0.2) is 12.4 Å². The van der Waals surface area contributed by atoms with Gasteiger partial charge >= 0.3 is 5.97 Å². The molecule has 146 valence electrons. The van der Waals surface area contributed by atoms with E-state index >= 15 is 0 Å². The molecule has 0 fully saturated rings. The van der Waals surface area contributed by atoms with Gasteiger partial charge in [-0.2, -0.15) is 0 Å². The summed E-state index contributed by atoms with van der Waals surface area (Å²) in [5.41, 5.74) is 1.59. The maximum atomic E-state index is 11.9. The SMILES string of the molecule is COc1ccc(/C=C/C(=O)OCC(=O)Nc2cccc(C(C)=O)c2)c(OC)c1. The van der Waals surface area contributed by atoms with Gasteiger partial charge in [-0.25, -0.2) is 4.79 Å². The van der Waals surface area contributed by atoms with Crippen molar-refractivity contribution in [2.45, 2.75) is 6.92 Å². The fourth-order valence-corrected chi connectivity index (χ4v) is 2.31. The molecule has 2 aromatic carbocycles. The summed E-state index contributed by atoms with van der Waals surface area (Å²) in [6, 6.07) is 11.7. The average Bonchev–Trinajstić information content (AvgIpc) is 2.70. The van der Waals surface area contributed by atoms with Crippen molar-refractivity contribution >= 4 is 29.4 Å². The molecule has 0 aromatic heterocycles. The molecule has 28 heavy (non-hydrogen) atoms. The van der Waals surface area contributed by atoms with Crippen molar-refractivity contribution in [2.24, 2.45) is 0 Å². The summed E-state index contributed by atoms with van der Waals surface area (Å²) in [5, 5.41) is 2.57. The number of ketones is 1. The zero-order valence-corrected chi connectivity index (χ0v) is 15.9. The minimum Gasteiger partial charge on any atom is -0.497 e. The third-order valence-corrected chi connectivity index (χ3v) is 3.74. The summed E-state index contributed by atoms with van der Waals surface area (Å²) < 4.78 is 15.3. The van der Waals surface area contributed by atoms with Gasteiger partial charge < -0.3 is 19.5 Å². The number of methoxy groups -OCH3 is 2. The Kier molecular flexibility index (Phi) is 7.33. The number of carbonyl (C=O) groups excluding carboxylic acids is 3. The topological polar surface area (TPSA) is 90.9 Å². The Balaban J connectivity index is 1.90. The van der Waals surface area contributed by atoms with Crippen molar-refractivity contribution in [3.8, 4) is 11.5 Å². The summed E-state index contributed by atoms with van der Waals surface area (Å²) in [6.07, 6.45) is 2.73. The zero-order valence-electron chi connectivity index (χ0n) is 15.9. The summed E-state index contributed by atoms with van der Waals surface area (Å²) in [7, 11) is 3.05. The molecule has 1 N–H and O–H groups in total. The molecule has 0 radical (unpaired) electrons. The van der Waals surface area contributed by atoms with Gasteiger partial charge in [-0.1, -0.05) is 12.1 Å². The van der Waals surface area contributed by atoms with Gasteiger partial charge in [-0.15, -0.1) is 0 Å². The monoisotopic (exact) mass is 383 g/mol. The fraction of sp³-hybridized carbons (Fsp3) is 0.190. The molecule has 0 spiro atoms. The second-order valence-electron chi connectivity index (χ2n) is 5.73. The van der Waals surface area contributed by atoms with E-state index in [0.29, 0.717) is 28.3 Å². The number of hydrogen-bond acceptors (Lipinski definition) is 6. The Morgan fingerprint density at radius 3 is 2.50 bits per heavy atom. The quantitative estimate of drug-likeness (QED) is 0.428. The van der Waals surface area contributed by atoms with E-state index in [1.165, 1.54) is 26.2 Å². The highest BCUT2D eigenvalue weighted by Crippen LogP contribution is 2.25. The number of rotatable bonds is 8. The molecule has 2 rings (SSSR count). The second kappa shape index (κ2) is 9.91. The number of benzene rings is 2. The highest BCUT2D eigenvalue weighted by molar-refractivity contribution is 5.98. The lowest BCUT2D eigenvalue weighted by Crippen LogP contribution is -2.20. The Morgan fingerprint density at radius 1 is 1.04 bits per heavy atom. The van der Waals surface area contributed by atoms with Crippen molar-refractivity contribution in [3.63, 3.8) is 0 Å². The van der Waals surface area contributed by atoms with Crippen LogP contribution in [0.5, 0.6) is 11.5 Å². The molecular formula is C21H21NO6. The Morgan fingerprint density at radius 2 is 1.82 bits per heavy atom. The number of carbonyl (C=O) groups is 3. The van der Waals surface area contributed by atoms with E-state index in [1.807, 2.05) is 0 Å². The van der Waals surface area contributed by atoms with Crippen LogP contribution in [0.1, 0.15) is 22.8 Å². The third-order valence-electron chi connectivity index (χ3n) is 3.74. The zero-order chi connectivity index (χ0) is 20.5. The van der Waals surface area contributed by atoms with Crippen LogP contribution >= 0.6 is 0 Å². The van der Waals surface area contributed by atoms with Crippen LogP contribution in [0.4, 0.5) is 5.69 Å². The summed E-state index contributed by atoms with van der Waals surface area (Å²) in [5.74, 6) is -0.134. The van der Waals surface area contributed by atoms with Crippen molar-refractivity contribution in [2.75, 3.05) is 26.1 Å². The van der Waals surface area contributed by atoms with Crippen LogP contribution in [-0.4, -0.2) is 38.5 Å². The van der Waals surface area contributed by atoms with E-state index in [2.05, 4.69) is 5.32 Å². The van der Waals surface area contributed by atoms with E-state index in [4.69, 9.17) is 14.2 Å². The minimum absolute atomic E-state index is 0.110. The van der Waals surface area contributed by atoms with Gasteiger partial charge in [0.1, 0.15) is 11.5 Å². The standard InChI is InChI=1S/C21H21NO6/c1-14(23)16-5-4-6-17(11-16)22-20(24)13-28-21(25)10-8-15-7-9-18(26-2)12-19(15)27-3/h4-12H,13H2,1-3H3,(H,22,24)/b10-8+. The largest absolute Gasteiger partial charge is 0.497 e. The van der Waals surface area contributed by atoms with E-state index in [0.717, 1.165) is 0 Å². The molecular weight excluding hydrogens is 362 g/mol. The molecule has 7 nitrogen and oxygen atoms in total. The van der Waals surface area contributed by atoms with Crippen molar-refractivity contribution in [3.05, 3.63) is 59.7 Å².